The van der Waals surface area contributed by atoms with Crippen LogP contribution in [0, 0.1) is 17.8 Å². The summed E-state index contributed by atoms with van der Waals surface area (Å²) in [6.45, 7) is 12.3. The van der Waals surface area contributed by atoms with Crippen molar-refractivity contribution < 1.29 is 0 Å². The van der Waals surface area contributed by atoms with Gasteiger partial charge in [-0.2, -0.15) is 0 Å². The maximum absolute atomic E-state index is 3.85. The second-order valence-corrected chi connectivity index (χ2v) is 7.74. The van der Waals surface area contributed by atoms with E-state index in [0.717, 1.165) is 23.8 Å². The molecule has 1 aliphatic heterocycles. The van der Waals surface area contributed by atoms with E-state index >= 15 is 0 Å². The molecule has 0 radical (unpaired) electrons. The van der Waals surface area contributed by atoms with Crippen LogP contribution in [0.15, 0.2) is 0 Å². The van der Waals surface area contributed by atoms with Crippen LogP contribution in [0.5, 0.6) is 0 Å². The van der Waals surface area contributed by atoms with Gasteiger partial charge in [0.2, 0.25) is 0 Å². The monoisotopic (exact) mass is 294 g/mol. The van der Waals surface area contributed by atoms with Gasteiger partial charge in [-0.05, 0) is 82.3 Å². The fraction of sp³-hybridized carbons (Fsp3) is 1.00. The summed E-state index contributed by atoms with van der Waals surface area (Å²) >= 11 is 0. The Labute approximate surface area is 133 Å². The third kappa shape index (κ3) is 5.56. The van der Waals surface area contributed by atoms with Gasteiger partial charge in [0.1, 0.15) is 0 Å². The fourth-order valence-electron chi connectivity index (χ4n) is 4.37. The Morgan fingerprint density at radius 1 is 1.05 bits per heavy atom. The van der Waals surface area contributed by atoms with Crippen molar-refractivity contribution in [3.05, 3.63) is 0 Å². The molecule has 2 fully saturated rings. The smallest absolute Gasteiger partial charge is 0.0108 e. The van der Waals surface area contributed by atoms with E-state index < -0.39 is 0 Å². The van der Waals surface area contributed by atoms with Crippen molar-refractivity contribution in [3.8, 4) is 0 Å². The summed E-state index contributed by atoms with van der Waals surface area (Å²) in [5.74, 6) is 2.82. The first-order valence-electron chi connectivity index (χ1n) is 9.68. The minimum atomic E-state index is 0.786. The summed E-state index contributed by atoms with van der Waals surface area (Å²) in [5, 5.41) is 3.85. The van der Waals surface area contributed by atoms with Gasteiger partial charge >= 0.3 is 0 Å². The normalized spacial score (nSPS) is 35.6. The highest BCUT2D eigenvalue weighted by molar-refractivity contribution is 4.87. The molecule has 21 heavy (non-hydrogen) atoms. The number of hydrogen-bond acceptors (Lipinski definition) is 2. The van der Waals surface area contributed by atoms with Gasteiger partial charge in [-0.25, -0.2) is 0 Å². The zero-order chi connectivity index (χ0) is 15.1. The third-order valence-electron chi connectivity index (χ3n) is 5.93. The zero-order valence-electron chi connectivity index (χ0n) is 14.7. The molecule has 2 nitrogen and oxygen atoms in total. The Kier molecular flexibility index (Phi) is 7.53. The molecule has 0 aromatic carbocycles. The van der Waals surface area contributed by atoms with Crippen molar-refractivity contribution in [2.24, 2.45) is 17.8 Å². The number of hydrogen-bond donors (Lipinski definition) is 1. The highest BCUT2D eigenvalue weighted by Crippen LogP contribution is 2.32. The van der Waals surface area contributed by atoms with Crippen LogP contribution >= 0.6 is 0 Å². The lowest BCUT2D eigenvalue weighted by molar-refractivity contribution is 0.139. The second kappa shape index (κ2) is 9.15. The van der Waals surface area contributed by atoms with Crippen LogP contribution in [0.4, 0.5) is 0 Å². The van der Waals surface area contributed by atoms with Crippen molar-refractivity contribution in [1.29, 1.82) is 0 Å². The summed E-state index contributed by atoms with van der Waals surface area (Å²) in [6, 6.07) is 0.786. The molecule has 0 aromatic heterocycles. The summed E-state index contributed by atoms with van der Waals surface area (Å²) in [4.78, 5) is 2.78. The maximum Gasteiger partial charge on any atom is 0.0108 e. The summed E-state index contributed by atoms with van der Waals surface area (Å²) in [6.07, 6.45) is 11.2. The predicted molar refractivity (Wildman–Crippen MR) is 92.7 cm³/mol. The SMILES string of the molecule is CCCNC1CCC(CC)CC1CN1CCCC(C)CC1. The Morgan fingerprint density at radius 2 is 1.90 bits per heavy atom. The Balaban J connectivity index is 1.88. The van der Waals surface area contributed by atoms with Gasteiger partial charge in [0.05, 0.1) is 0 Å². The van der Waals surface area contributed by atoms with Gasteiger partial charge in [-0.15, -0.1) is 0 Å². The van der Waals surface area contributed by atoms with Gasteiger partial charge in [0.25, 0.3) is 0 Å². The van der Waals surface area contributed by atoms with Crippen LogP contribution in [0.1, 0.15) is 72.1 Å². The van der Waals surface area contributed by atoms with Crippen molar-refractivity contribution >= 4 is 0 Å². The second-order valence-electron chi connectivity index (χ2n) is 7.74. The summed E-state index contributed by atoms with van der Waals surface area (Å²) in [7, 11) is 0. The van der Waals surface area contributed by atoms with Crippen LogP contribution in [-0.2, 0) is 0 Å². The molecular formula is C19H38N2. The van der Waals surface area contributed by atoms with E-state index in [1.807, 2.05) is 0 Å². The van der Waals surface area contributed by atoms with E-state index in [4.69, 9.17) is 0 Å². The number of nitrogens with zero attached hydrogens (tertiary/aromatic N) is 1. The van der Waals surface area contributed by atoms with Crippen molar-refractivity contribution in [1.82, 2.24) is 10.2 Å². The van der Waals surface area contributed by atoms with Crippen LogP contribution in [-0.4, -0.2) is 37.1 Å². The van der Waals surface area contributed by atoms with E-state index in [0.29, 0.717) is 0 Å². The fourth-order valence-corrected chi connectivity index (χ4v) is 4.37. The van der Waals surface area contributed by atoms with Gasteiger partial charge in [-0.3, -0.25) is 0 Å². The Morgan fingerprint density at radius 3 is 2.67 bits per heavy atom. The molecule has 1 aliphatic carbocycles. The molecule has 0 spiro atoms. The number of likely N-dealkylation sites (tertiary alicyclic amines) is 1. The average molecular weight is 295 g/mol. The molecule has 124 valence electrons. The first kappa shape index (κ1) is 17.3. The first-order valence-corrected chi connectivity index (χ1v) is 9.68. The largest absolute Gasteiger partial charge is 0.314 e. The molecule has 4 unspecified atom stereocenters. The standard InChI is InChI=1S/C19H38N2/c1-4-11-20-19-9-8-17(5-2)14-18(19)15-21-12-6-7-16(3)10-13-21/h16-20H,4-15H2,1-3H3. The minimum absolute atomic E-state index is 0.786. The highest BCUT2D eigenvalue weighted by atomic mass is 15.1. The van der Waals surface area contributed by atoms with Gasteiger partial charge < -0.3 is 10.2 Å². The topological polar surface area (TPSA) is 15.3 Å². The molecule has 1 N–H and O–H groups in total. The summed E-state index contributed by atoms with van der Waals surface area (Å²) < 4.78 is 0. The van der Waals surface area contributed by atoms with E-state index in [1.165, 1.54) is 77.5 Å². The maximum atomic E-state index is 3.85. The molecule has 4 atom stereocenters. The first-order chi connectivity index (χ1) is 10.2. The van der Waals surface area contributed by atoms with Crippen LogP contribution in [0.3, 0.4) is 0 Å². The molecule has 1 heterocycles. The lowest BCUT2D eigenvalue weighted by atomic mass is 9.76. The van der Waals surface area contributed by atoms with E-state index in [9.17, 15) is 0 Å². The predicted octanol–water partition coefficient (Wildman–Crippen LogP) is 4.30. The van der Waals surface area contributed by atoms with Crippen molar-refractivity contribution in [2.45, 2.75) is 78.2 Å². The molecule has 1 saturated heterocycles. The molecule has 0 amide bonds. The van der Waals surface area contributed by atoms with Gasteiger partial charge in [-0.1, -0.05) is 27.2 Å². The van der Waals surface area contributed by atoms with Crippen molar-refractivity contribution in [3.63, 3.8) is 0 Å². The van der Waals surface area contributed by atoms with Crippen LogP contribution in [0.2, 0.25) is 0 Å². The highest BCUT2D eigenvalue weighted by Gasteiger charge is 2.30. The van der Waals surface area contributed by atoms with E-state index in [1.54, 1.807) is 0 Å². The molecule has 0 aromatic rings. The van der Waals surface area contributed by atoms with Crippen LogP contribution < -0.4 is 5.32 Å². The molecule has 2 heteroatoms. The number of nitrogens with one attached hydrogen (secondary N) is 1. The Bertz CT molecular complexity index is 279. The van der Waals surface area contributed by atoms with E-state index in [2.05, 4.69) is 31.0 Å². The Hall–Kier alpha value is -0.0800. The molecule has 1 saturated carbocycles. The molecular weight excluding hydrogens is 256 g/mol. The van der Waals surface area contributed by atoms with Gasteiger partial charge in [0.15, 0.2) is 0 Å². The quantitative estimate of drug-likeness (QED) is 0.785. The lowest BCUT2D eigenvalue weighted by Gasteiger charge is -2.39. The lowest BCUT2D eigenvalue weighted by Crippen LogP contribution is -2.46. The molecule has 2 aliphatic rings. The van der Waals surface area contributed by atoms with E-state index in [-0.39, 0.29) is 0 Å². The summed E-state index contributed by atoms with van der Waals surface area (Å²) in [5.41, 5.74) is 0. The van der Waals surface area contributed by atoms with Crippen LogP contribution in [0.25, 0.3) is 0 Å². The zero-order valence-corrected chi connectivity index (χ0v) is 14.7. The number of rotatable bonds is 6. The van der Waals surface area contributed by atoms with Gasteiger partial charge in [0, 0.05) is 12.6 Å². The van der Waals surface area contributed by atoms with Crippen molar-refractivity contribution in [2.75, 3.05) is 26.2 Å². The molecule has 2 rings (SSSR count). The average Bonchev–Trinajstić information content (AvgIpc) is 2.70. The minimum Gasteiger partial charge on any atom is -0.314 e. The third-order valence-corrected chi connectivity index (χ3v) is 5.93. The molecule has 0 bridgehead atoms.